The van der Waals surface area contributed by atoms with Crippen molar-refractivity contribution in [1.29, 1.82) is 0 Å². The minimum Gasteiger partial charge on any atom is -0.468 e. The Kier molecular flexibility index (Phi) is 6.41. The summed E-state index contributed by atoms with van der Waals surface area (Å²) in [5.41, 5.74) is 2.54. The second-order valence-electron chi connectivity index (χ2n) is 9.22. The molecule has 2 aromatic rings. The van der Waals surface area contributed by atoms with Crippen molar-refractivity contribution in [1.82, 2.24) is 9.40 Å². The van der Waals surface area contributed by atoms with Crippen molar-refractivity contribution in [3.8, 4) is 0 Å². The number of hydrogen-bond acceptors (Lipinski definition) is 6. The molecule has 5 rings (SSSR count). The summed E-state index contributed by atoms with van der Waals surface area (Å²) >= 11 is 8.61. The van der Waals surface area contributed by atoms with Gasteiger partial charge in [0.05, 0.1) is 30.0 Å². The van der Waals surface area contributed by atoms with Crippen LogP contribution in [0.1, 0.15) is 57.1 Å². The van der Waals surface area contributed by atoms with E-state index in [0.717, 1.165) is 65.3 Å². The number of carbonyl (C=O) groups is 1. The molecule has 0 amide bonds. The van der Waals surface area contributed by atoms with Gasteiger partial charge in [-0.15, -0.1) is 11.8 Å². The molecule has 32 heavy (non-hydrogen) atoms. The Labute approximate surface area is 198 Å². The van der Waals surface area contributed by atoms with Gasteiger partial charge in [0, 0.05) is 29.0 Å². The van der Waals surface area contributed by atoms with E-state index < -0.39 is 5.54 Å². The molecule has 3 heterocycles. The van der Waals surface area contributed by atoms with Crippen LogP contribution < -0.4 is 10.6 Å². The number of hydrogen-bond donors (Lipinski definition) is 2. The Balaban J connectivity index is 1.33. The largest absolute Gasteiger partial charge is 0.468 e. The molecule has 6 nitrogen and oxygen atoms in total. The molecular formula is C24H31ClN4O2S. The highest BCUT2D eigenvalue weighted by atomic mass is 35.5. The summed E-state index contributed by atoms with van der Waals surface area (Å²) < 4.78 is 6.86. The maximum Gasteiger partial charge on any atom is 0.326 e. The molecule has 0 radical (unpaired) electrons. The Hall–Kier alpha value is -1.70. The van der Waals surface area contributed by atoms with Gasteiger partial charge < -0.3 is 15.4 Å². The second-order valence-corrected chi connectivity index (χ2v) is 10.6. The van der Waals surface area contributed by atoms with E-state index in [1.807, 2.05) is 0 Å². The maximum absolute atomic E-state index is 12.4. The van der Waals surface area contributed by atoms with Gasteiger partial charge in [0.1, 0.15) is 10.6 Å². The lowest BCUT2D eigenvalue weighted by Gasteiger charge is -2.27. The van der Waals surface area contributed by atoms with Crippen LogP contribution in [0.4, 0.5) is 5.69 Å². The van der Waals surface area contributed by atoms with Crippen molar-refractivity contribution in [3.63, 3.8) is 0 Å². The fourth-order valence-electron chi connectivity index (χ4n) is 5.38. The van der Waals surface area contributed by atoms with Crippen LogP contribution in [0.3, 0.4) is 0 Å². The summed E-state index contributed by atoms with van der Waals surface area (Å²) in [6, 6.07) is 9.19. The number of carbonyl (C=O) groups excluding carboxylic acids is 1. The number of ether oxygens (including phenoxy) is 1. The van der Waals surface area contributed by atoms with Crippen LogP contribution in [-0.4, -0.2) is 52.1 Å². The quantitative estimate of drug-likeness (QED) is 0.556. The van der Waals surface area contributed by atoms with Gasteiger partial charge in [0.15, 0.2) is 0 Å². The minimum absolute atomic E-state index is 0.145. The van der Waals surface area contributed by atoms with Crippen molar-refractivity contribution < 1.29 is 9.53 Å². The highest BCUT2D eigenvalue weighted by Crippen LogP contribution is 2.36. The summed E-state index contributed by atoms with van der Waals surface area (Å²) in [6.45, 7) is 0.868. The third-order valence-corrected chi connectivity index (χ3v) is 8.63. The number of rotatable bonds is 7. The second kappa shape index (κ2) is 9.27. The third-order valence-electron chi connectivity index (χ3n) is 7.14. The summed E-state index contributed by atoms with van der Waals surface area (Å²) in [6.07, 6.45) is 8.48. The van der Waals surface area contributed by atoms with E-state index in [1.54, 1.807) is 15.8 Å². The third kappa shape index (κ3) is 4.15. The maximum atomic E-state index is 12.4. The van der Waals surface area contributed by atoms with Crippen LogP contribution in [-0.2, 0) is 9.53 Å². The molecule has 1 saturated carbocycles. The number of aromatic nitrogens is 1. The molecule has 1 unspecified atom stereocenters. The first kappa shape index (κ1) is 22.1. The molecule has 0 bridgehead atoms. The van der Waals surface area contributed by atoms with Gasteiger partial charge in [-0.3, -0.25) is 9.79 Å². The van der Waals surface area contributed by atoms with Gasteiger partial charge in [-0.25, -0.2) is 4.09 Å². The number of nitrogens with one attached hydrogen (secondary N) is 2. The predicted octanol–water partition coefficient (Wildman–Crippen LogP) is 4.94. The average molecular weight is 475 g/mol. The molecule has 2 aliphatic heterocycles. The first-order valence-electron chi connectivity index (χ1n) is 11.7. The molecule has 0 spiro atoms. The highest BCUT2D eigenvalue weighted by molar-refractivity contribution is 8.14. The molecule has 8 heteroatoms. The number of anilines is 1. The van der Waals surface area contributed by atoms with Crippen molar-refractivity contribution in [3.05, 3.63) is 30.0 Å². The van der Waals surface area contributed by atoms with Crippen LogP contribution in [0.5, 0.6) is 0 Å². The van der Waals surface area contributed by atoms with Gasteiger partial charge in [0.25, 0.3) is 0 Å². The molecule has 1 aromatic heterocycles. The minimum atomic E-state index is -0.542. The van der Waals surface area contributed by atoms with E-state index in [-0.39, 0.29) is 12.0 Å². The SMILES string of the molecule is COC(=O)C1(CC[C@@H]2CSC(c3cc4cccc(NC5CCCC5)c4n3Cl)=N2)CCCN1. The summed E-state index contributed by atoms with van der Waals surface area (Å²) in [4.78, 5) is 17.4. The van der Waals surface area contributed by atoms with E-state index in [1.165, 1.54) is 32.8 Å². The molecule has 1 saturated heterocycles. The zero-order valence-corrected chi connectivity index (χ0v) is 20.1. The molecule has 1 aliphatic carbocycles. The van der Waals surface area contributed by atoms with Gasteiger partial charge in [-0.2, -0.15) is 0 Å². The fraction of sp³-hybridized carbons (Fsp3) is 0.583. The number of halogens is 1. The van der Waals surface area contributed by atoms with Crippen LogP contribution >= 0.6 is 23.5 Å². The zero-order chi connectivity index (χ0) is 22.1. The van der Waals surface area contributed by atoms with Gasteiger partial charge in [-0.05, 0) is 57.2 Å². The summed E-state index contributed by atoms with van der Waals surface area (Å²) in [5, 5.41) is 9.21. The molecule has 2 atom stereocenters. The molecule has 3 aliphatic rings. The Morgan fingerprint density at radius 3 is 2.97 bits per heavy atom. The number of benzene rings is 1. The molecule has 2 fully saturated rings. The lowest BCUT2D eigenvalue weighted by Crippen LogP contribution is -2.48. The molecule has 172 valence electrons. The lowest BCUT2D eigenvalue weighted by molar-refractivity contribution is -0.148. The first-order chi connectivity index (χ1) is 15.6. The smallest absolute Gasteiger partial charge is 0.326 e. The molecule has 1 aromatic carbocycles. The zero-order valence-electron chi connectivity index (χ0n) is 18.5. The number of esters is 1. The number of thioether (sulfide) groups is 1. The van der Waals surface area contributed by atoms with Crippen LogP contribution in [0, 0.1) is 0 Å². The Bertz CT molecular complexity index is 1020. The van der Waals surface area contributed by atoms with Crippen molar-refractivity contribution in [2.45, 2.75) is 69.0 Å². The van der Waals surface area contributed by atoms with E-state index in [0.29, 0.717) is 6.04 Å². The first-order valence-corrected chi connectivity index (χ1v) is 13.0. The van der Waals surface area contributed by atoms with Gasteiger partial charge in [-0.1, -0.05) is 25.0 Å². The van der Waals surface area contributed by atoms with Crippen LogP contribution in [0.2, 0.25) is 0 Å². The average Bonchev–Trinajstić information content (AvgIpc) is 3.60. The lowest BCUT2D eigenvalue weighted by atomic mass is 9.90. The Morgan fingerprint density at radius 2 is 2.22 bits per heavy atom. The van der Waals surface area contributed by atoms with Gasteiger partial charge in [0.2, 0.25) is 0 Å². The van der Waals surface area contributed by atoms with E-state index >= 15 is 0 Å². The van der Waals surface area contributed by atoms with E-state index in [9.17, 15) is 4.79 Å². The normalized spacial score (nSPS) is 26.1. The topological polar surface area (TPSA) is 67.6 Å². The number of para-hydroxylation sites is 1. The number of aliphatic imine (C=N–C) groups is 1. The Morgan fingerprint density at radius 1 is 1.38 bits per heavy atom. The standard InChI is InChI=1S/C24H31ClN4O2S/c1-31-23(30)24(11-5-13-26-24)12-10-18-15-32-22(28-18)20-14-16-6-4-9-19(21(16)29(20)25)27-17-7-2-3-8-17/h4,6,9,14,17-18,26-27H,2-3,5,7-8,10-13,15H2,1H3/t18-,24?/m1/s1. The van der Waals surface area contributed by atoms with Crippen LogP contribution in [0.15, 0.2) is 29.3 Å². The highest BCUT2D eigenvalue weighted by Gasteiger charge is 2.42. The fourth-order valence-corrected chi connectivity index (χ4v) is 6.86. The van der Waals surface area contributed by atoms with E-state index in [2.05, 4.69) is 34.9 Å². The van der Waals surface area contributed by atoms with Crippen LogP contribution in [0.25, 0.3) is 10.9 Å². The number of fused-ring (bicyclic) bond motifs is 1. The van der Waals surface area contributed by atoms with Crippen molar-refractivity contribution in [2.75, 3.05) is 24.7 Å². The van der Waals surface area contributed by atoms with Crippen molar-refractivity contribution in [2.24, 2.45) is 4.99 Å². The number of methoxy groups -OCH3 is 1. The molecule has 2 N–H and O–H groups in total. The summed E-state index contributed by atoms with van der Waals surface area (Å²) in [5.74, 6) is 0.770. The molecular weight excluding hydrogens is 444 g/mol. The monoisotopic (exact) mass is 474 g/mol. The number of nitrogens with zero attached hydrogens (tertiary/aromatic N) is 2. The van der Waals surface area contributed by atoms with Crippen molar-refractivity contribution >= 4 is 51.1 Å². The van der Waals surface area contributed by atoms with Gasteiger partial charge >= 0.3 is 5.97 Å². The van der Waals surface area contributed by atoms with E-state index in [4.69, 9.17) is 21.5 Å². The predicted molar refractivity (Wildman–Crippen MR) is 133 cm³/mol. The summed E-state index contributed by atoms with van der Waals surface area (Å²) in [7, 11) is 1.47.